The summed E-state index contributed by atoms with van der Waals surface area (Å²) in [5.74, 6) is 0.792. The number of benzene rings is 1. The lowest BCUT2D eigenvalue weighted by Gasteiger charge is -2.14. The number of ether oxygens (including phenoxy) is 3. The summed E-state index contributed by atoms with van der Waals surface area (Å²) in [6, 6.07) is 3.04. The van der Waals surface area contributed by atoms with Crippen LogP contribution in [0.3, 0.4) is 0 Å². The van der Waals surface area contributed by atoms with Crippen LogP contribution in [-0.2, 0) is 0 Å². The second kappa shape index (κ2) is 5.54. The molecule has 1 rings (SSSR count). The maximum atomic E-state index is 11.8. The van der Waals surface area contributed by atoms with Gasteiger partial charge in [-0.3, -0.25) is 4.79 Å². The van der Waals surface area contributed by atoms with E-state index < -0.39 is 11.9 Å². The summed E-state index contributed by atoms with van der Waals surface area (Å²) < 4.78 is 15.3. The molecule has 0 fully saturated rings. The van der Waals surface area contributed by atoms with Crippen molar-refractivity contribution in [2.75, 3.05) is 21.3 Å². The van der Waals surface area contributed by atoms with Crippen molar-refractivity contribution in [1.29, 1.82) is 0 Å². The predicted molar refractivity (Wildman–Crippen MR) is 62.1 cm³/mol. The van der Waals surface area contributed by atoms with Crippen LogP contribution in [0.25, 0.3) is 0 Å². The van der Waals surface area contributed by atoms with Crippen molar-refractivity contribution in [2.45, 2.75) is 13.0 Å². The summed E-state index contributed by atoms with van der Waals surface area (Å²) in [7, 11) is 4.41. The number of aliphatic hydroxyl groups is 1. The molecule has 1 aromatic carbocycles. The first-order valence-corrected chi connectivity index (χ1v) is 5.07. The van der Waals surface area contributed by atoms with E-state index in [2.05, 4.69) is 0 Å². The Labute approximate surface area is 99.9 Å². The normalized spacial score (nSPS) is 11.8. The molecule has 0 saturated heterocycles. The highest BCUT2D eigenvalue weighted by atomic mass is 16.5. The highest BCUT2D eigenvalue weighted by molar-refractivity contribution is 6.02. The van der Waals surface area contributed by atoms with Crippen molar-refractivity contribution in [1.82, 2.24) is 0 Å². The highest BCUT2D eigenvalue weighted by Crippen LogP contribution is 2.35. The van der Waals surface area contributed by atoms with Gasteiger partial charge in [-0.15, -0.1) is 0 Å². The first-order valence-electron chi connectivity index (χ1n) is 5.07. The second-order valence-corrected chi connectivity index (χ2v) is 3.45. The average molecular weight is 240 g/mol. The minimum atomic E-state index is -1.10. The zero-order valence-corrected chi connectivity index (χ0v) is 10.3. The Hall–Kier alpha value is -1.75. The van der Waals surface area contributed by atoms with E-state index in [0.717, 1.165) is 0 Å². The average Bonchev–Trinajstić information content (AvgIpc) is 2.35. The Balaban J connectivity index is 3.33. The van der Waals surface area contributed by atoms with Gasteiger partial charge in [0.05, 0.1) is 26.9 Å². The fraction of sp³-hybridized carbons (Fsp3) is 0.417. The maximum Gasteiger partial charge on any atom is 0.194 e. The van der Waals surface area contributed by atoms with E-state index in [0.29, 0.717) is 17.2 Å². The molecule has 0 bridgehead atoms. The van der Waals surface area contributed by atoms with E-state index in [4.69, 9.17) is 14.2 Å². The van der Waals surface area contributed by atoms with Gasteiger partial charge < -0.3 is 19.3 Å². The van der Waals surface area contributed by atoms with Crippen LogP contribution in [0, 0.1) is 0 Å². The molecule has 94 valence electrons. The molecule has 1 N–H and O–H groups in total. The van der Waals surface area contributed by atoms with Crippen LogP contribution in [0.1, 0.15) is 17.3 Å². The van der Waals surface area contributed by atoms with Crippen LogP contribution in [0.5, 0.6) is 17.2 Å². The second-order valence-electron chi connectivity index (χ2n) is 3.45. The Bertz CT molecular complexity index is 412. The van der Waals surface area contributed by atoms with Crippen molar-refractivity contribution >= 4 is 5.78 Å². The van der Waals surface area contributed by atoms with Gasteiger partial charge in [0.25, 0.3) is 0 Å². The van der Waals surface area contributed by atoms with Gasteiger partial charge in [-0.05, 0) is 13.0 Å². The number of hydrogen-bond donors (Lipinski definition) is 1. The van der Waals surface area contributed by atoms with Gasteiger partial charge in [0.15, 0.2) is 17.3 Å². The molecule has 0 aliphatic carbocycles. The number of carbonyl (C=O) groups excluding carboxylic acids is 1. The van der Waals surface area contributed by atoms with E-state index in [1.807, 2.05) is 0 Å². The molecule has 0 aliphatic rings. The van der Waals surface area contributed by atoms with Crippen molar-refractivity contribution in [2.24, 2.45) is 0 Å². The highest BCUT2D eigenvalue weighted by Gasteiger charge is 2.20. The summed E-state index contributed by atoms with van der Waals surface area (Å²) in [6.45, 7) is 1.40. The molecule has 0 amide bonds. The Kier molecular flexibility index (Phi) is 4.34. The molecular weight excluding hydrogens is 224 g/mol. The SMILES string of the molecule is COc1cc(OC)c(C(=O)[C@@H](C)O)cc1OC. The molecule has 0 saturated carbocycles. The minimum Gasteiger partial charge on any atom is -0.496 e. The molecule has 0 spiro atoms. The fourth-order valence-electron chi connectivity index (χ4n) is 1.45. The maximum absolute atomic E-state index is 11.8. The minimum absolute atomic E-state index is 0.264. The van der Waals surface area contributed by atoms with Crippen LogP contribution in [0.4, 0.5) is 0 Å². The zero-order chi connectivity index (χ0) is 13.0. The number of methoxy groups -OCH3 is 3. The predicted octanol–water partition coefficient (Wildman–Crippen LogP) is 1.28. The van der Waals surface area contributed by atoms with Gasteiger partial charge in [-0.25, -0.2) is 0 Å². The largest absolute Gasteiger partial charge is 0.496 e. The van der Waals surface area contributed by atoms with Gasteiger partial charge in [0.1, 0.15) is 11.9 Å². The van der Waals surface area contributed by atoms with Gasteiger partial charge >= 0.3 is 0 Å². The summed E-state index contributed by atoms with van der Waals surface area (Å²) in [5, 5.41) is 9.31. The molecule has 0 unspecified atom stereocenters. The molecule has 0 radical (unpaired) electrons. The van der Waals surface area contributed by atoms with Gasteiger partial charge in [-0.1, -0.05) is 0 Å². The molecule has 5 heteroatoms. The van der Waals surface area contributed by atoms with E-state index in [-0.39, 0.29) is 5.56 Å². The molecule has 0 aromatic heterocycles. The quantitative estimate of drug-likeness (QED) is 0.785. The molecule has 17 heavy (non-hydrogen) atoms. The number of rotatable bonds is 5. The van der Waals surface area contributed by atoms with E-state index in [1.54, 1.807) is 6.07 Å². The topological polar surface area (TPSA) is 65.0 Å². The first kappa shape index (κ1) is 13.3. The van der Waals surface area contributed by atoms with Gasteiger partial charge in [-0.2, -0.15) is 0 Å². The Morgan fingerprint density at radius 3 is 1.94 bits per heavy atom. The Morgan fingerprint density at radius 1 is 1.06 bits per heavy atom. The number of ketones is 1. The number of hydrogen-bond acceptors (Lipinski definition) is 5. The lowest BCUT2D eigenvalue weighted by Crippen LogP contribution is -2.17. The smallest absolute Gasteiger partial charge is 0.194 e. The first-order chi connectivity index (χ1) is 8.04. The number of carbonyl (C=O) groups is 1. The van der Waals surface area contributed by atoms with Crippen LogP contribution in [0.15, 0.2) is 12.1 Å². The van der Waals surface area contributed by atoms with E-state index in [9.17, 15) is 9.90 Å². The van der Waals surface area contributed by atoms with Crippen molar-refractivity contribution < 1.29 is 24.1 Å². The summed E-state index contributed by atoms with van der Waals surface area (Å²) in [6.07, 6.45) is -1.10. The van der Waals surface area contributed by atoms with Crippen LogP contribution in [0.2, 0.25) is 0 Å². The van der Waals surface area contributed by atoms with Crippen molar-refractivity contribution in [3.05, 3.63) is 17.7 Å². The van der Waals surface area contributed by atoms with Crippen molar-refractivity contribution in [3.63, 3.8) is 0 Å². The van der Waals surface area contributed by atoms with E-state index >= 15 is 0 Å². The lowest BCUT2D eigenvalue weighted by molar-refractivity contribution is 0.0776. The van der Waals surface area contributed by atoms with Gasteiger partial charge in [0.2, 0.25) is 0 Å². The van der Waals surface area contributed by atoms with Crippen molar-refractivity contribution in [3.8, 4) is 17.2 Å². The van der Waals surface area contributed by atoms with E-state index in [1.165, 1.54) is 34.3 Å². The lowest BCUT2D eigenvalue weighted by atomic mass is 10.1. The molecule has 1 aromatic rings. The standard InChI is InChI=1S/C12H16O5/c1-7(13)12(14)8-5-10(16-3)11(17-4)6-9(8)15-2/h5-7,13H,1-4H3/t7-/m1/s1. The molecular formula is C12H16O5. The molecule has 1 atom stereocenters. The molecule has 0 aliphatic heterocycles. The third-order valence-electron chi connectivity index (χ3n) is 2.35. The van der Waals surface area contributed by atoms with Crippen LogP contribution < -0.4 is 14.2 Å². The monoisotopic (exact) mass is 240 g/mol. The molecule has 0 heterocycles. The summed E-state index contributed by atoms with van der Waals surface area (Å²) >= 11 is 0. The third kappa shape index (κ3) is 2.68. The van der Waals surface area contributed by atoms with Gasteiger partial charge in [0, 0.05) is 6.07 Å². The number of Topliss-reactive ketones (excluding diaryl/α,β-unsaturated/α-hetero) is 1. The fourth-order valence-corrected chi connectivity index (χ4v) is 1.45. The third-order valence-corrected chi connectivity index (χ3v) is 2.35. The summed E-state index contributed by atoms with van der Waals surface area (Å²) in [4.78, 5) is 11.8. The zero-order valence-electron chi connectivity index (χ0n) is 10.3. The Morgan fingerprint density at radius 2 is 1.53 bits per heavy atom. The summed E-state index contributed by atoms with van der Waals surface area (Å²) in [5.41, 5.74) is 0.264. The molecule has 5 nitrogen and oxygen atoms in total. The van der Waals surface area contributed by atoms with Crippen LogP contribution in [-0.4, -0.2) is 38.3 Å². The van der Waals surface area contributed by atoms with Crippen LogP contribution >= 0.6 is 0 Å². The number of aliphatic hydroxyl groups excluding tert-OH is 1.